The number of nitriles is 1. The molecular weight excluding hydrogens is 226 g/mol. The van der Waals surface area contributed by atoms with Crippen LogP contribution >= 0.6 is 11.6 Å². The summed E-state index contributed by atoms with van der Waals surface area (Å²) in [6.45, 7) is 1.89. The van der Waals surface area contributed by atoms with Gasteiger partial charge < -0.3 is 9.47 Å². The topological polar surface area (TPSA) is 42.2 Å². The first-order valence-electron chi connectivity index (χ1n) is 5.04. The standard InChI is InChI=1S/C12H14ClNO2/c1-3-10(8-14)16-12-6-9(7-13)4-5-11(12)15-2/h4-6,10H,3,7H2,1-2H3. The van der Waals surface area contributed by atoms with Crippen LogP contribution in [0.15, 0.2) is 18.2 Å². The monoisotopic (exact) mass is 239 g/mol. The number of rotatable bonds is 5. The van der Waals surface area contributed by atoms with E-state index in [1.54, 1.807) is 19.2 Å². The zero-order valence-corrected chi connectivity index (χ0v) is 10.1. The average molecular weight is 240 g/mol. The van der Waals surface area contributed by atoms with E-state index in [0.717, 1.165) is 5.56 Å². The molecule has 0 radical (unpaired) electrons. The summed E-state index contributed by atoms with van der Waals surface area (Å²) >= 11 is 5.74. The molecule has 86 valence electrons. The van der Waals surface area contributed by atoms with Crippen molar-refractivity contribution in [3.8, 4) is 17.6 Å². The highest BCUT2D eigenvalue weighted by molar-refractivity contribution is 6.17. The number of alkyl halides is 1. The summed E-state index contributed by atoms with van der Waals surface area (Å²) in [6, 6.07) is 7.53. The lowest BCUT2D eigenvalue weighted by molar-refractivity contribution is 0.238. The predicted octanol–water partition coefficient (Wildman–Crippen LogP) is 3.11. The van der Waals surface area contributed by atoms with Gasteiger partial charge in [-0.2, -0.15) is 5.26 Å². The van der Waals surface area contributed by atoms with Gasteiger partial charge in [0.1, 0.15) is 6.07 Å². The number of hydrogen-bond donors (Lipinski definition) is 0. The van der Waals surface area contributed by atoms with E-state index in [-0.39, 0.29) is 0 Å². The van der Waals surface area contributed by atoms with Gasteiger partial charge in [-0.3, -0.25) is 0 Å². The van der Waals surface area contributed by atoms with E-state index in [4.69, 9.17) is 26.3 Å². The van der Waals surface area contributed by atoms with Crippen molar-refractivity contribution in [1.82, 2.24) is 0 Å². The summed E-state index contributed by atoms with van der Waals surface area (Å²) < 4.78 is 10.7. The van der Waals surface area contributed by atoms with Crippen molar-refractivity contribution in [2.75, 3.05) is 7.11 Å². The van der Waals surface area contributed by atoms with Crippen LogP contribution in [0.25, 0.3) is 0 Å². The molecule has 0 heterocycles. The quantitative estimate of drug-likeness (QED) is 0.742. The molecular formula is C12H14ClNO2. The van der Waals surface area contributed by atoms with Crippen molar-refractivity contribution in [1.29, 1.82) is 5.26 Å². The number of methoxy groups -OCH3 is 1. The number of benzene rings is 1. The molecule has 0 fully saturated rings. The lowest BCUT2D eigenvalue weighted by Gasteiger charge is -2.14. The van der Waals surface area contributed by atoms with Gasteiger partial charge in [-0.05, 0) is 24.1 Å². The van der Waals surface area contributed by atoms with Crippen molar-refractivity contribution >= 4 is 11.6 Å². The summed E-state index contributed by atoms with van der Waals surface area (Å²) in [5.74, 6) is 1.58. The fourth-order valence-electron chi connectivity index (χ4n) is 1.25. The second-order valence-electron chi connectivity index (χ2n) is 3.26. The minimum absolute atomic E-state index is 0.406. The molecule has 0 spiro atoms. The third-order valence-corrected chi connectivity index (χ3v) is 2.47. The molecule has 0 aromatic heterocycles. The third kappa shape index (κ3) is 3.04. The number of hydrogen-bond acceptors (Lipinski definition) is 3. The fourth-order valence-corrected chi connectivity index (χ4v) is 1.42. The molecule has 1 unspecified atom stereocenters. The van der Waals surface area contributed by atoms with Gasteiger partial charge in [0.05, 0.1) is 7.11 Å². The first-order chi connectivity index (χ1) is 7.74. The van der Waals surface area contributed by atoms with Gasteiger partial charge in [-0.15, -0.1) is 11.6 Å². The molecule has 1 rings (SSSR count). The van der Waals surface area contributed by atoms with Gasteiger partial charge in [0.25, 0.3) is 0 Å². The van der Waals surface area contributed by atoms with Crippen LogP contribution < -0.4 is 9.47 Å². The maximum absolute atomic E-state index is 8.84. The van der Waals surface area contributed by atoms with Gasteiger partial charge in [-0.25, -0.2) is 0 Å². The van der Waals surface area contributed by atoms with Crippen molar-refractivity contribution in [3.63, 3.8) is 0 Å². The zero-order valence-electron chi connectivity index (χ0n) is 9.37. The zero-order chi connectivity index (χ0) is 12.0. The summed E-state index contributed by atoms with van der Waals surface area (Å²) in [7, 11) is 1.57. The molecule has 0 aliphatic rings. The molecule has 0 saturated carbocycles. The number of nitrogens with zero attached hydrogens (tertiary/aromatic N) is 1. The van der Waals surface area contributed by atoms with Crippen molar-refractivity contribution in [2.45, 2.75) is 25.3 Å². The Balaban J connectivity index is 2.95. The van der Waals surface area contributed by atoms with Gasteiger partial charge >= 0.3 is 0 Å². The van der Waals surface area contributed by atoms with E-state index in [1.807, 2.05) is 13.0 Å². The maximum Gasteiger partial charge on any atom is 0.184 e. The lowest BCUT2D eigenvalue weighted by Crippen LogP contribution is -2.12. The maximum atomic E-state index is 8.84. The van der Waals surface area contributed by atoms with Crippen molar-refractivity contribution in [2.24, 2.45) is 0 Å². The van der Waals surface area contributed by atoms with E-state index < -0.39 is 6.10 Å². The third-order valence-electron chi connectivity index (χ3n) is 2.17. The van der Waals surface area contributed by atoms with Gasteiger partial charge in [0, 0.05) is 5.88 Å². The molecule has 0 amide bonds. The van der Waals surface area contributed by atoms with Crippen LogP contribution in [0.4, 0.5) is 0 Å². The molecule has 4 heteroatoms. The lowest BCUT2D eigenvalue weighted by atomic mass is 10.2. The minimum atomic E-state index is -0.459. The van der Waals surface area contributed by atoms with Crippen LogP contribution in [0.5, 0.6) is 11.5 Å². The molecule has 16 heavy (non-hydrogen) atoms. The molecule has 1 atom stereocenters. The SMILES string of the molecule is CCC(C#N)Oc1cc(CCl)ccc1OC. The summed E-state index contributed by atoms with van der Waals surface area (Å²) in [5.41, 5.74) is 0.935. The number of halogens is 1. The highest BCUT2D eigenvalue weighted by atomic mass is 35.5. The Morgan fingerprint density at radius 2 is 2.19 bits per heavy atom. The smallest absolute Gasteiger partial charge is 0.184 e. The van der Waals surface area contributed by atoms with Gasteiger partial charge in [-0.1, -0.05) is 13.0 Å². The Labute approximate surface area is 101 Å². The minimum Gasteiger partial charge on any atom is -0.493 e. The van der Waals surface area contributed by atoms with E-state index in [2.05, 4.69) is 6.07 Å². The van der Waals surface area contributed by atoms with Crippen LogP contribution in [-0.4, -0.2) is 13.2 Å². The molecule has 1 aromatic carbocycles. The second kappa shape index (κ2) is 6.24. The molecule has 3 nitrogen and oxygen atoms in total. The Morgan fingerprint density at radius 1 is 1.44 bits per heavy atom. The van der Waals surface area contributed by atoms with Crippen LogP contribution in [-0.2, 0) is 5.88 Å². The van der Waals surface area contributed by atoms with Crippen LogP contribution in [0, 0.1) is 11.3 Å². The Bertz CT molecular complexity index is 387. The fraction of sp³-hybridized carbons (Fsp3) is 0.417. The molecule has 0 bridgehead atoms. The normalized spacial score (nSPS) is 11.6. The Kier molecular flexibility index (Phi) is 4.94. The van der Waals surface area contributed by atoms with Crippen LogP contribution in [0.1, 0.15) is 18.9 Å². The van der Waals surface area contributed by atoms with Gasteiger partial charge in [0.2, 0.25) is 0 Å². The molecule has 0 aliphatic carbocycles. The highest BCUT2D eigenvalue weighted by Crippen LogP contribution is 2.29. The first-order valence-corrected chi connectivity index (χ1v) is 5.57. The van der Waals surface area contributed by atoms with Crippen LogP contribution in [0.3, 0.4) is 0 Å². The Morgan fingerprint density at radius 3 is 2.69 bits per heavy atom. The predicted molar refractivity (Wildman–Crippen MR) is 62.9 cm³/mol. The van der Waals surface area contributed by atoms with Crippen molar-refractivity contribution in [3.05, 3.63) is 23.8 Å². The Hall–Kier alpha value is -1.40. The molecule has 0 saturated heterocycles. The second-order valence-corrected chi connectivity index (χ2v) is 3.53. The van der Waals surface area contributed by atoms with Crippen LogP contribution in [0.2, 0.25) is 0 Å². The summed E-state index contributed by atoms with van der Waals surface area (Å²) in [4.78, 5) is 0. The van der Waals surface area contributed by atoms with E-state index >= 15 is 0 Å². The molecule has 0 aliphatic heterocycles. The largest absolute Gasteiger partial charge is 0.493 e. The summed E-state index contributed by atoms with van der Waals surface area (Å²) in [5, 5.41) is 8.84. The van der Waals surface area contributed by atoms with Gasteiger partial charge in [0.15, 0.2) is 17.6 Å². The van der Waals surface area contributed by atoms with E-state index in [0.29, 0.717) is 23.8 Å². The van der Waals surface area contributed by atoms with E-state index in [9.17, 15) is 0 Å². The van der Waals surface area contributed by atoms with E-state index in [1.165, 1.54) is 0 Å². The molecule has 0 N–H and O–H groups in total. The number of ether oxygens (including phenoxy) is 2. The highest BCUT2D eigenvalue weighted by Gasteiger charge is 2.11. The average Bonchev–Trinajstić information content (AvgIpc) is 2.35. The van der Waals surface area contributed by atoms with Crippen molar-refractivity contribution < 1.29 is 9.47 Å². The first kappa shape index (κ1) is 12.7. The molecule has 1 aromatic rings. The summed E-state index contributed by atoms with van der Waals surface area (Å²) in [6.07, 6.45) is 0.171.